The van der Waals surface area contributed by atoms with Crippen LogP contribution in [0.15, 0.2) is 36.0 Å². The van der Waals surface area contributed by atoms with Crippen molar-refractivity contribution in [2.75, 3.05) is 37.3 Å². The highest BCUT2D eigenvalue weighted by Crippen LogP contribution is 2.50. The number of hydrogen-bond acceptors (Lipinski definition) is 8. The number of nitrogens with two attached hydrogens (primary N) is 1. The molecule has 0 radical (unpaired) electrons. The molecule has 3 N–H and O–H groups in total. The van der Waals surface area contributed by atoms with E-state index in [1.54, 1.807) is 19.3 Å². The normalized spacial score (nSPS) is 23.1. The minimum absolute atomic E-state index is 0.0152. The van der Waals surface area contributed by atoms with Crippen LogP contribution in [0.25, 0.3) is 0 Å². The number of thiazole rings is 1. The topological polar surface area (TPSA) is 91.4 Å². The number of rotatable bonds is 3. The number of likely N-dealkylation sites (N-methyl/N-ethyl adjacent to an activating group) is 1. The molecule has 1 aromatic carbocycles. The third-order valence-corrected chi connectivity index (χ3v) is 7.53. The van der Waals surface area contributed by atoms with E-state index in [0.29, 0.717) is 15.8 Å². The van der Waals surface area contributed by atoms with Crippen molar-refractivity contribution in [3.05, 3.63) is 57.1 Å². The van der Waals surface area contributed by atoms with Crippen molar-refractivity contribution in [1.29, 1.82) is 0 Å². The number of hydrogen-bond donors (Lipinski definition) is 2. The Kier molecular flexibility index (Phi) is 4.52. The molecule has 1 fully saturated rings. The molecule has 156 valence electrons. The van der Waals surface area contributed by atoms with Gasteiger partial charge >= 0.3 is 0 Å². The maximum Gasteiger partial charge on any atom is 0.222 e. The van der Waals surface area contributed by atoms with Gasteiger partial charge in [0.1, 0.15) is 15.6 Å². The van der Waals surface area contributed by atoms with Crippen LogP contribution in [0.1, 0.15) is 29.5 Å². The summed E-state index contributed by atoms with van der Waals surface area (Å²) in [4.78, 5) is 17.3. The summed E-state index contributed by atoms with van der Waals surface area (Å²) in [5, 5.41) is 14.3. The van der Waals surface area contributed by atoms with E-state index < -0.39 is 5.60 Å². The van der Waals surface area contributed by atoms with Crippen molar-refractivity contribution in [1.82, 2.24) is 19.9 Å². The van der Waals surface area contributed by atoms with Gasteiger partial charge < -0.3 is 20.6 Å². The van der Waals surface area contributed by atoms with Crippen LogP contribution in [-0.4, -0.2) is 51.6 Å². The molecule has 1 saturated heterocycles. The predicted octanol–water partition coefficient (Wildman–Crippen LogP) is 3.15. The van der Waals surface area contributed by atoms with Gasteiger partial charge in [0.2, 0.25) is 5.95 Å². The summed E-state index contributed by atoms with van der Waals surface area (Å²) in [6.07, 6.45) is 4.30. The lowest BCUT2D eigenvalue weighted by molar-refractivity contribution is 0.102. The zero-order valence-corrected chi connectivity index (χ0v) is 18.4. The van der Waals surface area contributed by atoms with Gasteiger partial charge in [-0.1, -0.05) is 23.7 Å². The number of benzene rings is 1. The number of likely N-dealkylation sites (tertiary alicyclic amines) is 1. The van der Waals surface area contributed by atoms with E-state index in [0.717, 1.165) is 37.3 Å². The van der Waals surface area contributed by atoms with Gasteiger partial charge in [-0.25, -0.2) is 9.97 Å². The summed E-state index contributed by atoms with van der Waals surface area (Å²) in [5.74, 6) is 0.786. The average Bonchev–Trinajstić information content (AvgIpc) is 3.44. The Morgan fingerprint density at radius 2 is 2.13 bits per heavy atom. The first kappa shape index (κ1) is 19.7. The molecule has 0 amide bonds. The molecule has 30 heavy (non-hydrogen) atoms. The standard InChI is InChI=1S/C21H23ClN6OS/c1-20(29,18-24-6-8-30-18)13-3-4-14-16(9-13)28(12-21(14)5-7-27(2)11-21)17-15(22)10-25-19(23)26-17/h3-4,6,8-10,29H,5,7,11-12H2,1-2H3,(H2,23,25,26)/t20-,21+/m1/s1. The summed E-state index contributed by atoms with van der Waals surface area (Å²) in [6, 6.07) is 6.20. The first-order chi connectivity index (χ1) is 14.3. The Balaban J connectivity index is 1.67. The van der Waals surface area contributed by atoms with E-state index in [9.17, 15) is 5.11 Å². The second-order valence-corrected chi connectivity index (χ2v) is 9.70. The van der Waals surface area contributed by atoms with Crippen molar-refractivity contribution in [3.63, 3.8) is 0 Å². The maximum absolute atomic E-state index is 11.3. The third kappa shape index (κ3) is 2.98. The van der Waals surface area contributed by atoms with Gasteiger partial charge in [-0.2, -0.15) is 4.98 Å². The number of aliphatic hydroxyl groups is 1. The van der Waals surface area contributed by atoms with Crippen LogP contribution in [0.5, 0.6) is 0 Å². The molecule has 9 heteroatoms. The van der Waals surface area contributed by atoms with Gasteiger partial charge in [-0.05, 0) is 44.1 Å². The van der Waals surface area contributed by atoms with E-state index in [4.69, 9.17) is 17.3 Å². The Labute approximate surface area is 184 Å². The van der Waals surface area contributed by atoms with Crippen molar-refractivity contribution in [2.24, 2.45) is 0 Å². The van der Waals surface area contributed by atoms with Crippen LogP contribution >= 0.6 is 22.9 Å². The van der Waals surface area contributed by atoms with Crippen molar-refractivity contribution >= 4 is 40.4 Å². The molecule has 0 bridgehead atoms. The summed E-state index contributed by atoms with van der Waals surface area (Å²) in [7, 11) is 2.15. The Hall–Kier alpha value is -2.26. The number of anilines is 3. The smallest absolute Gasteiger partial charge is 0.222 e. The number of fused-ring (bicyclic) bond motifs is 2. The zero-order valence-electron chi connectivity index (χ0n) is 16.8. The number of nitrogens with zero attached hydrogens (tertiary/aromatic N) is 5. The molecule has 7 nitrogen and oxygen atoms in total. The lowest BCUT2D eigenvalue weighted by Crippen LogP contribution is -2.34. The minimum atomic E-state index is -1.19. The largest absolute Gasteiger partial charge is 0.378 e. The summed E-state index contributed by atoms with van der Waals surface area (Å²) in [6.45, 7) is 4.52. The van der Waals surface area contributed by atoms with Crippen molar-refractivity contribution in [3.8, 4) is 0 Å². The van der Waals surface area contributed by atoms with Gasteiger partial charge in [-0.15, -0.1) is 11.3 Å². The van der Waals surface area contributed by atoms with Crippen molar-refractivity contribution in [2.45, 2.75) is 24.4 Å². The summed E-state index contributed by atoms with van der Waals surface area (Å²) < 4.78 is 0. The average molecular weight is 443 g/mol. The molecule has 2 aromatic heterocycles. The number of aromatic nitrogens is 3. The predicted molar refractivity (Wildman–Crippen MR) is 119 cm³/mol. The molecule has 5 rings (SSSR count). The fourth-order valence-electron chi connectivity index (χ4n) is 4.74. The van der Waals surface area contributed by atoms with Gasteiger partial charge in [0.25, 0.3) is 0 Å². The fraction of sp³-hybridized carbons (Fsp3) is 0.381. The van der Waals surface area contributed by atoms with Gasteiger partial charge in [-0.3, -0.25) is 0 Å². The lowest BCUT2D eigenvalue weighted by Gasteiger charge is -2.25. The van der Waals surface area contributed by atoms with E-state index >= 15 is 0 Å². The molecular weight excluding hydrogens is 420 g/mol. The van der Waals surface area contributed by atoms with Crippen LogP contribution in [0.4, 0.5) is 17.5 Å². The highest BCUT2D eigenvalue weighted by Gasteiger charge is 2.48. The molecule has 1 spiro atoms. The Bertz CT molecular complexity index is 1100. The second kappa shape index (κ2) is 6.88. The Morgan fingerprint density at radius 3 is 2.83 bits per heavy atom. The van der Waals surface area contributed by atoms with Crippen LogP contribution in [0, 0.1) is 0 Å². The van der Waals surface area contributed by atoms with Crippen LogP contribution in [0.2, 0.25) is 5.02 Å². The highest BCUT2D eigenvalue weighted by molar-refractivity contribution is 7.09. The minimum Gasteiger partial charge on any atom is -0.378 e. The molecule has 2 aliphatic rings. The first-order valence-corrected chi connectivity index (χ1v) is 11.1. The van der Waals surface area contributed by atoms with E-state index in [2.05, 4.69) is 37.9 Å². The second-order valence-electron chi connectivity index (χ2n) is 8.40. The summed E-state index contributed by atoms with van der Waals surface area (Å²) in [5.41, 5.74) is 7.71. The quantitative estimate of drug-likeness (QED) is 0.643. The third-order valence-electron chi connectivity index (χ3n) is 6.28. The SMILES string of the molecule is CN1CC[C@]2(C1)CN(c1nc(N)ncc1Cl)c1cc([C@@](C)(O)c3nccs3)ccc12. The molecule has 2 aliphatic heterocycles. The van der Waals surface area contributed by atoms with Crippen molar-refractivity contribution < 1.29 is 5.11 Å². The molecule has 3 aromatic rings. The molecule has 0 aliphatic carbocycles. The molecular formula is C21H23ClN6OS. The van der Waals surface area contributed by atoms with E-state index in [1.807, 2.05) is 17.5 Å². The highest BCUT2D eigenvalue weighted by atomic mass is 35.5. The first-order valence-electron chi connectivity index (χ1n) is 9.82. The Morgan fingerprint density at radius 1 is 1.30 bits per heavy atom. The van der Waals surface area contributed by atoms with E-state index in [-0.39, 0.29) is 11.4 Å². The fourth-order valence-corrected chi connectivity index (χ4v) is 5.66. The lowest BCUT2D eigenvalue weighted by atomic mass is 9.80. The molecule has 2 atom stereocenters. The zero-order chi connectivity index (χ0) is 21.1. The van der Waals surface area contributed by atoms with Gasteiger partial charge in [0, 0.05) is 35.8 Å². The van der Waals surface area contributed by atoms with Crippen LogP contribution in [0.3, 0.4) is 0 Å². The summed E-state index contributed by atoms with van der Waals surface area (Å²) >= 11 is 7.93. The van der Waals surface area contributed by atoms with Crippen LogP contribution in [-0.2, 0) is 11.0 Å². The number of halogens is 1. The maximum atomic E-state index is 11.3. The number of nitrogen functional groups attached to an aromatic ring is 1. The molecule has 4 heterocycles. The van der Waals surface area contributed by atoms with E-state index in [1.165, 1.54) is 16.9 Å². The van der Waals surface area contributed by atoms with Gasteiger partial charge in [0.05, 0.1) is 6.20 Å². The van der Waals surface area contributed by atoms with Crippen LogP contribution < -0.4 is 10.6 Å². The monoisotopic (exact) mass is 442 g/mol. The molecule has 0 unspecified atom stereocenters. The molecule has 0 saturated carbocycles. The van der Waals surface area contributed by atoms with Gasteiger partial charge in [0.15, 0.2) is 5.82 Å².